The predicted molar refractivity (Wildman–Crippen MR) is 42.1 cm³/mol. The van der Waals surface area contributed by atoms with Crippen LogP contribution in [0, 0.1) is 0 Å². The van der Waals surface area contributed by atoms with Gasteiger partial charge in [-0.05, 0) is 16.8 Å². The molecular weight excluding hydrogens is 140 g/mol. The van der Waals surface area contributed by atoms with Gasteiger partial charge in [-0.15, -0.1) is 5.10 Å². The number of nitrogens with zero attached hydrogens (tertiary/aromatic N) is 4. The van der Waals surface area contributed by atoms with Gasteiger partial charge >= 0.3 is 0 Å². The molecule has 0 amide bonds. The monoisotopic (exact) mass is 154 g/mol. The standard InChI is InChI=1S/C7H14N4/c1-5-7(2,3)6-8-9-10-11(6)4/h5H2,1-4H3. The fourth-order valence-corrected chi connectivity index (χ4v) is 0.961. The van der Waals surface area contributed by atoms with Gasteiger partial charge in [-0.25, -0.2) is 4.68 Å². The first-order valence-electron chi connectivity index (χ1n) is 3.81. The van der Waals surface area contributed by atoms with Gasteiger partial charge in [0.15, 0.2) is 5.82 Å². The molecule has 0 aliphatic rings. The summed E-state index contributed by atoms with van der Waals surface area (Å²) >= 11 is 0. The van der Waals surface area contributed by atoms with Gasteiger partial charge in [0.2, 0.25) is 0 Å². The van der Waals surface area contributed by atoms with Crippen molar-refractivity contribution in [3.63, 3.8) is 0 Å². The molecule has 0 aliphatic carbocycles. The third-order valence-electron chi connectivity index (χ3n) is 2.11. The summed E-state index contributed by atoms with van der Waals surface area (Å²) in [6.45, 7) is 6.41. The highest BCUT2D eigenvalue weighted by atomic mass is 15.5. The number of aryl methyl sites for hydroxylation is 1. The number of rotatable bonds is 2. The van der Waals surface area contributed by atoms with Gasteiger partial charge in [0.25, 0.3) is 0 Å². The maximum absolute atomic E-state index is 3.96. The van der Waals surface area contributed by atoms with Crippen molar-refractivity contribution >= 4 is 0 Å². The number of aromatic nitrogens is 4. The van der Waals surface area contributed by atoms with E-state index in [9.17, 15) is 0 Å². The van der Waals surface area contributed by atoms with Crippen LogP contribution in [0.3, 0.4) is 0 Å². The lowest BCUT2D eigenvalue weighted by molar-refractivity contribution is 0.447. The molecular formula is C7H14N4. The summed E-state index contributed by atoms with van der Waals surface area (Å²) in [6.07, 6.45) is 1.04. The van der Waals surface area contributed by atoms with E-state index < -0.39 is 0 Å². The van der Waals surface area contributed by atoms with Crippen molar-refractivity contribution in [2.75, 3.05) is 0 Å². The third-order valence-corrected chi connectivity index (χ3v) is 2.11. The van der Waals surface area contributed by atoms with E-state index in [4.69, 9.17) is 0 Å². The van der Waals surface area contributed by atoms with Crippen LogP contribution >= 0.6 is 0 Å². The molecule has 1 aromatic rings. The van der Waals surface area contributed by atoms with Gasteiger partial charge in [-0.1, -0.05) is 20.8 Å². The van der Waals surface area contributed by atoms with Gasteiger partial charge in [0, 0.05) is 12.5 Å². The lowest BCUT2D eigenvalue weighted by Gasteiger charge is -2.19. The maximum Gasteiger partial charge on any atom is 0.156 e. The Bertz CT molecular complexity index is 238. The lowest BCUT2D eigenvalue weighted by atomic mass is 9.89. The second-order valence-corrected chi connectivity index (χ2v) is 3.36. The van der Waals surface area contributed by atoms with Crippen LogP contribution in [0.25, 0.3) is 0 Å². The second kappa shape index (κ2) is 2.60. The van der Waals surface area contributed by atoms with Crippen LogP contribution in [0.5, 0.6) is 0 Å². The van der Waals surface area contributed by atoms with Crippen molar-refractivity contribution in [3.8, 4) is 0 Å². The van der Waals surface area contributed by atoms with Crippen LogP contribution < -0.4 is 0 Å². The molecule has 11 heavy (non-hydrogen) atoms. The third kappa shape index (κ3) is 1.39. The summed E-state index contributed by atoms with van der Waals surface area (Å²) in [5.41, 5.74) is 0.0816. The molecule has 0 aromatic carbocycles. The highest BCUT2D eigenvalue weighted by Crippen LogP contribution is 2.22. The first-order chi connectivity index (χ1) is 5.08. The molecule has 0 radical (unpaired) electrons. The van der Waals surface area contributed by atoms with Crippen LogP contribution in [0.1, 0.15) is 33.0 Å². The van der Waals surface area contributed by atoms with E-state index in [1.807, 2.05) is 7.05 Å². The molecule has 4 heteroatoms. The molecule has 0 fully saturated rings. The number of hydrogen-bond acceptors (Lipinski definition) is 3. The van der Waals surface area contributed by atoms with Crippen LogP contribution in [-0.2, 0) is 12.5 Å². The Balaban J connectivity index is 3.00. The summed E-state index contributed by atoms with van der Waals surface area (Å²) in [5.74, 6) is 0.944. The molecule has 0 atom stereocenters. The van der Waals surface area contributed by atoms with E-state index in [1.54, 1.807) is 4.68 Å². The zero-order valence-corrected chi connectivity index (χ0v) is 7.50. The molecule has 0 saturated carbocycles. The molecule has 0 spiro atoms. The largest absolute Gasteiger partial charge is 0.232 e. The van der Waals surface area contributed by atoms with Gasteiger partial charge in [0.05, 0.1) is 0 Å². The average Bonchev–Trinajstić information content (AvgIpc) is 2.36. The van der Waals surface area contributed by atoms with Crippen molar-refractivity contribution in [1.29, 1.82) is 0 Å². The summed E-state index contributed by atoms with van der Waals surface area (Å²) in [6, 6.07) is 0. The first-order valence-corrected chi connectivity index (χ1v) is 3.81. The van der Waals surface area contributed by atoms with Gasteiger partial charge in [-0.2, -0.15) is 0 Å². The Morgan fingerprint density at radius 2 is 2.09 bits per heavy atom. The highest BCUT2D eigenvalue weighted by Gasteiger charge is 2.23. The van der Waals surface area contributed by atoms with E-state index in [0.717, 1.165) is 12.2 Å². The SMILES string of the molecule is CCC(C)(C)c1nnnn1C. The minimum absolute atomic E-state index is 0.0816. The molecule has 1 aromatic heterocycles. The first kappa shape index (κ1) is 8.17. The lowest BCUT2D eigenvalue weighted by Crippen LogP contribution is -2.21. The molecule has 1 rings (SSSR count). The second-order valence-electron chi connectivity index (χ2n) is 3.36. The van der Waals surface area contributed by atoms with Crippen LogP contribution in [0.15, 0.2) is 0 Å². The highest BCUT2D eigenvalue weighted by molar-refractivity contribution is 4.99. The van der Waals surface area contributed by atoms with Crippen LogP contribution in [-0.4, -0.2) is 20.2 Å². The molecule has 0 N–H and O–H groups in total. The van der Waals surface area contributed by atoms with E-state index in [2.05, 4.69) is 36.3 Å². The Labute approximate surface area is 66.6 Å². The molecule has 0 bridgehead atoms. The topological polar surface area (TPSA) is 43.6 Å². The minimum Gasteiger partial charge on any atom is -0.232 e. The zero-order valence-electron chi connectivity index (χ0n) is 7.50. The quantitative estimate of drug-likeness (QED) is 0.635. The predicted octanol–water partition coefficient (Wildman–Crippen LogP) is 0.898. The Morgan fingerprint density at radius 3 is 2.45 bits per heavy atom. The molecule has 4 nitrogen and oxygen atoms in total. The number of tetrazole rings is 1. The Hall–Kier alpha value is -0.930. The fraction of sp³-hybridized carbons (Fsp3) is 0.857. The van der Waals surface area contributed by atoms with E-state index >= 15 is 0 Å². The minimum atomic E-state index is 0.0816. The summed E-state index contributed by atoms with van der Waals surface area (Å²) < 4.78 is 1.73. The van der Waals surface area contributed by atoms with Crippen molar-refractivity contribution in [1.82, 2.24) is 20.2 Å². The smallest absolute Gasteiger partial charge is 0.156 e. The summed E-state index contributed by atoms with van der Waals surface area (Å²) in [7, 11) is 1.87. The molecule has 1 heterocycles. The van der Waals surface area contributed by atoms with Crippen LogP contribution in [0.2, 0.25) is 0 Å². The molecule has 0 saturated heterocycles. The van der Waals surface area contributed by atoms with E-state index in [1.165, 1.54) is 0 Å². The Morgan fingerprint density at radius 1 is 1.45 bits per heavy atom. The van der Waals surface area contributed by atoms with Crippen molar-refractivity contribution < 1.29 is 0 Å². The summed E-state index contributed by atoms with van der Waals surface area (Å²) in [5, 5.41) is 11.3. The Kier molecular flexibility index (Phi) is 1.93. The van der Waals surface area contributed by atoms with Crippen molar-refractivity contribution in [3.05, 3.63) is 5.82 Å². The normalized spacial score (nSPS) is 12.0. The maximum atomic E-state index is 3.96. The van der Waals surface area contributed by atoms with Gasteiger partial charge in [-0.3, -0.25) is 0 Å². The molecule has 62 valence electrons. The van der Waals surface area contributed by atoms with E-state index in [0.29, 0.717) is 0 Å². The number of hydrogen-bond donors (Lipinski definition) is 0. The molecule has 0 aliphatic heterocycles. The molecule has 0 unspecified atom stereocenters. The van der Waals surface area contributed by atoms with Gasteiger partial charge < -0.3 is 0 Å². The van der Waals surface area contributed by atoms with Crippen LogP contribution in [0.4, 0.5) is 0 Å². The average molecular weight is 154 g/mol. The summed E-state index contributed by atoms with van der Waals surface area (Å²) in [4.78, 5) is 0. The zero-order chi connectivity index (χ0) is 8.48. The van der Waals surface area contributed by atoms with Crippen molar-refractivity contribution in [2.24, 2.45) is 7.05 Å². The van der Waals surface area contributed by atoms with E-state index in [-0.39, 0.29) is 5.41 Å². The van der Waals surface area contributed by atoms with Crippen molar-refractivity contribution in [2.45, 2.75) is 32.6 Å². The fourth-order valence-electron chi connectivity index (χ4n) is 0.961. The van der Waals surface area contributed by atoms with Gasteiger partial charge in [0.1, 0.15) is 0 Å².